The summed E-state index contributed by atoms with van der Waals surface area (Å²) in [5.74, 6) is -1.26. The van der Waals surface area contributed by atoms with Crippen molar-refractivity contribution < 1.29 is 13.6 Å². The number of likely N-dealkylation sites (N-methyl/N-ethyl adjacent to an activating group) is 1. The molecule has 0 aromatic heterocycles. The SMILES string of the molecule is CN[C@H]1CCN(C(=O)C2Cc3c(F)cc(F)cc3N2)C1. The van der Waals surface area contributed by atoms with Gasteiger partial charge >= 0.3 is 0 Å². The number of fused-ring (bicyclic) bond motifs is 1. The van der Waals surface area contributed by atoms with Crippen LogP contribution in [0.1, 0.15) is 12.0 Å². The van der Waals surface area contributed by atoms with Crippen LogP contribution in [0.25, 0.3) is 0 Å². The first kappa shape index (κ1) is 13.3. The molecule has 2 N–H and O–H groups in total. The smallest absolute Gasteiger partial charge is 0.245 e. The van der Waals surface area contributed by atoms with E-state index >= 15 is 0 Å². The summed E-state index contributed by atoms with van der Waals surface area (Å²) in [5, 5.41) is 6.08. The van der Waals surface area contributed by atoms with Crippen LogP contribution in [0.5, 0.6) is 0 Å². The Kier molecular flexibility index (Phi) is 3.33. The number of nitrogens with one attached hydrogen (secondary N) is 2. The molecule has 2 aliphatic rings. The van der Waals surface area contributed by atoms with Crippen molar-refractivity contribution in [2.75, 3.05) is 25.5 Å². The topological polar surface area (TPSA) is 44.4 Å². The molecule has 2 aliphatic heterocycles. The number of carbonyl (C=O) groups is 1. The zero-order valence-corrected chi connectivity index (χ0v) is 11.2. The minimum atomic E-state index is -0.627. The molecule has 1 unspecified atom stereocenters. The standard InChI is InChI=1S/C14H17F2N3O/c1-17-9-2-3-19(7-9)14(20)13-6-10-11(16)4-8(15)5-12(10)18-13/h4-5,9,13,17-18H,2-3,6-7H2,1H3/t9-,13?/m0/s1. The zero-order valence-electron chi connectivity index (χ0n) is 11.2. The summed E-state index contributed by atoms with van der Waals surface area (Å²) in [6.45, 7) is 1.37. The number of hydrogen-bond acceptors (Lipinski definition) is 3. The van der Waals surface area contributed by atoms with Crippen LogP contribution in [0.3, 0.4) is 0 Å². The number of nitrogens with zero attached hydrogens (tertiary/aromatic N) is 1. The van der Waals surface area contributed by atoms with E-state index in [0.717, 1.165) is 12.5 Å². The van der Waals surface area contributed by atoms with E-state index in [1.54, 1.807) is 4.90 Å². The molecule has 0 saturated carbocycles. The average Bonchev–Trinajstić information content (AvgIpc) is 3.03. The van der Waals surface area contributed by atoms with E-state index in [9.17, 15) is 13.6 Å². The Morgan fingerprint density at radius 2 is 2.25 bits per heavy atom. The van der Waals surface area contributed by atoms with E-state index in [-0.39, 0.29) is 12.3 Å². The fourth-order valence-corrected chi connectivity index (χ4v) is 2.95. The highest BCUT2D eigenvalue weighted by Gasteiger charge is 2.35. The van der Waals surface area contributed by atoms with Gasteiger partial charge in [-0.2, -0.15) is 0 Å². The molecule has 2 atom stereocenters. The van der Waals surface area contributed by atoms with Gasteiger partial charge in [0.1, 0.15) is 17.7 Å². The van der Waals surface area contributed by atoms with E-state index in [2.05, 4.69) is 10.6 Å². The van der Waals surface area contributed by atoms with Crippen molar-refractivity contribution in [2.24, 2.45) is 0 Å². The highest BCUT2D eigenvalue weighted by atomic mass is 19.1. The fourth-order valence-electron chi connectivity index (χ4n) is 2.95. The van der Waals surface area contributed by atoms with Gasteiger partial charge in [-0.1, -0.05) is 0 Å². The summed E-state index contributed by atoms with van der Waals surface area (Å²) in [4.78, 5) is 14.2. The van der Waals surface area contributed by atoms with Crippen molar-refractivity contribution in [1.29, 1.82) is 0 Å². The first-order chi connectivity index (χ1) is 9.58. The van der Waals surface area contributed by atoms with Crippen molar-refractivity contribution in [3.05, 3.63) is 29.3 Å². The second-order valence-corrected chi connectivity index (χ2v) is 5.37. The van der Waals surface area contributed by atoms with E-state index < -0.39 is 17.7 Å². The Morgan fingerprint density at radius 1 is 1.45 bits per heavy atom. The first-order valence-electron chi connectivity index (χ1n) is 6.79. The van der Waals surface area contributed by atoms with Crippen molar-refractivity contribution in [3.63, 3.8) is 0 Å². The molecule has 4 nitrogen and oxygen atoms in total. The molecule has 0 aliphatic carbocycles. The first-order valence-corrected chi connectivity index (χ1v) is 6.79. The maximum Gasteiger partial charge on any atom is 0.245 e. The van der Waals surface area contributed by atoms with Gasteiger partial charge in [0.2, 0.25) is 5.91 Å². The average molecular weight is 281 g/mol. The molecule has 0 spiro atoms. The van der Waals surface area contributed by atoms with Gasteiger partial charge in [-0.25, -0.2) is 8.78 Å². The molecule has 1 saturated heterocycles. The van der Waals surface area contributed by atoms with Crippen molar-refractivity contribution in [2.45, 2.75) is 24.9 Å². The Hall–Kier alpha value is -1.69. The van der Waals surface area contributed by atoms with Gasteiger partial charge in [-0.15, -0.1) is 0 Å². The molecule has 1 aromatic carbocycles. The third kappa shape index (κ3) is 2.24. The largest absolute Gasteiger partial charge is 0.373 e. The summed E-state index contributed by atoms with van der Waals surface area (Å²) in [5.41, 5.74) is 0.791. The Labute approximate surface area is 116 Å². The maximum atomic E-state index is 13.7. The van der Waals surface area contributed by atoms with Gasteiger partial charge in [0.05, 0.1) is 0 Å². The second-order valence-electron chi connectivity index (χ2n) is 5.37. The van der Waals surface area contributed by atoms with Crippen LogP contribution in [-0.4, -0.2) is 43.0 Å². The molecule has 2 heterocycles. The van der Waals surface area contributed by atoms with Crippen LogP contribution in [0, 0.1) is 11.6 Å². The van der Waals surface area contributed by atoms with E-state index in [0.29, 0.717) is 30.4 Å². The number of halogens is 2. The molecular weight excluding hydrogens is 264 g/mol. The summed E-state index contributed by atoms with van der Waals surface area (Å²) in [6.07, 6.45) is 1.20. The maximum absolute atomic E-state index is 13.7. The number of hydrogen-bond donors (Lipinski definition) is 2. The minimum Gasteiger partial charge on any atom is -0.373 e. The highest BCUT2D eigenvalue weighted by molar-refractivity contribution is 5.87. The van der Waals surface area contributed by atoms with Crippen LogP contribution < -0.4 is 10.6 Å². The van der Waals surface area contributed by atoms with Crippen molar-refractivity contribution >= 4 is 11.6 Å². The summed E-state index contributed by atoms with van der Waals surface area (Å²) >= 11 is 0. The van der Waals surface area contributed by atoms with Crippen LogP contribution in [0.4, 0.5) is 14.5 Å². The molecular formula is C14H17F2N3O. The van der Waals surface area contributed by atoms with Gasteiger partial charge in [0.25, 0.3) is 0 Å². The second kappa shape index (κ2) is 5.01. The van der Waals surface area contributed by atoms with Crippen LogP contribution in [-0.2, 0) is 11.2 Å². The number of benzene rings is 1. The number of anilines is 1. The van der Waals surface area contributed by atoms with Gasteiger partial charge in [0, 0.05) is 42.9 Å². The summed E-state index contributed by atoms with van der Waals surface area (Å²) in [7, 11) is 1.88. The lowest BCUT2D eigenvalue weighted by Crippen LogP contribution is -2.42. The fraction of sp³-hybridized carbons (Fsp3) is 0.500. The summed E-state index contributed by atoms with van der Waals surface area (Å²) in [6, 6.07) is 1.93. The van der Waals surface area contributed by atoms with Crippen molar-refractivity contribution in [3.8, 4) is 0 Å². The molecule has 0 radical (unpaired) electrons. The molecule has 108 valence electrons. The highest BCUT2D eigenvalue weighted by Crippen LogP contribution is 2.30. The third-order valence-electron chi connectivity index (χ3n) is 4.10. The number of likely N-dealkylation sites (tertiary alicyclic amines) is 1. The monoisotopic (exact) mass is 281 g/mol. The quantitative estimate of drug-likeness (QED) is 0.854. The Morgan fingerprint density at radius 3 is 2.95 bits per heavy atom. The molecule has 1 fully saturated rings. The molecule has 1 aromatic rings. The normalized spacial score (nSPS) is 24.6. The van der Waals surface area contributed by atoms with E-state index in [1.165, 1.54) is 6.07 Å². The molecule has 20 heavy (non-hydrogen) atoms. The number of amides is 1. The lowest BCUT2D eigenvalue weighted by Gasteiger charge is -2.21. The van der Waals surface area contributed by atoms with E-state index in [4.69, 9.17) is 0 Å². The van der Waals surface area contributed by atoms with Gasteiger partial charge in [-0.3, -0.25) is 4.79 Å². The molecule has 3 rings (SSSR count). The molecule has 0 bridgehead atoms. The lowest BCUT2D eigenvalue weighted by molar-refractivity contribution is -0.130. The van der Waals surface area contributed by atoms with Gasteiger partial charge < -0.3 is 15.5 Å². The number of carbonyl (C=O) groups excluding carboxylic acids is 1. The number of rotatable bonds is 2. The third-order valence-corrected chi connectivity index (χ3v) is 4.10. The van der Waals surface area contributed by atoms with Gasteiger partial charge in [-0.05, 0) is 19.5 Å². The molecule has 1 amide bonds. The van der Waals surface area contributed by atoms with Crippen molar-refractivity contribution in [1.82, 2.24) is 10.2 Å². The zero-order chi connectivity index (χ0) is 14.3. The Bertz CT molecular complexity index is 549. The Balaban J connectivity index is 1.72. The lowest BCUT2D eigenvalue weighted by atomic mass is 10.1. The minimum absolute atomic E-state index is 0.0428. The van der Waals surface area contributed by atoms with E-state index in [1.807, 2.05) is 7.05 Å². The predicted molar refractivity (Wildman–Crippen MR) is 71.5 cm³/mol. The van der Waals surface area contributed by atoms with Crippen LogP contribution >= 0.6 is 0 Å². The van der Waals surface area contributed by atoms with Gasteiger partial charge in [0.15, 0.2) is 0 Å². The summed E-state index contributed by atoms with van der Waals surface area (Å²) < 4.78 is 26.8. The molecule has 6 heteroatoms. The van der Waals surface area contributed by atoms with Crippen LogP contribution in [0.15, 0.2) is 12.1 Å². The predicted octanol–water partition coefficient (Wildman–Crippen LogP) is 1.12. The van der Waals surface area contributed by atoms with Crippen LogP contribution in [0.2, 0.25) is 0 Å².